The number of amides is 3. The molecule has 3 rings (SSSR count). The van der Waals surface area contributed by atoms with Gasteiger partial charge >= 0.3 is 6.03 Å². The molecule has 1 aromatic heterocycles. The SMILES string of the molecule is Cc1ccc(-n2c(S[C@@H](C)C(=O)NC(=O)NCC(C)C)nnc2N2CCCCC2)cc1. The molecule has 1 aliphatic rings. The van der Waals surface area contributed by atoms with E-state index in [9.17, 15) is 9.59 Å². The van der Waals surface area contributed by atoms with Gasteiger partial charge in [0.25, 0.3) is 0 Å². The Labute approximate surface area is 188 Å². The minimum atomic E-state index is -0.507. The third-order valence-electron chi connectivity index (χ3n) is 5.11. The zero-order chi connectivity index (χ0) is 22.4. The van der Waals surface area contributed by atoms with E-state index < -0.39 is 11.3 Å². The van der Waals surface area contributed by atoms with Gasteiger partial charge in [-0.15, -0.1) is 10.2 Å². The highest BCUT2D eigenvalue weighted by Crippen LogP contribution is 2.30. The first-order valence-electron chi connectivity index (χ1n) is 10.9. The number of hydrogen-bond acceptors (Lipinski definition) is 6. The Kier molecular flexibility index (Phi) is 7.95. The molecule has 3 amide bonds. The van der Waals surface area contributed by atoms with Crippen LogP contribution in [0.2, 0.25) is 0 Å². The van der Waals surface area contributed by atoms with Crippen LogP contribution >= 0.6 is 11.8 Å². The Morgan fingerprint density at radius 3 is 2.39 bits per heavy atom. The second-order valence-corrected chi connectivity index (χ2v) is 9.66. The topological polar surface area (TPSA) is 92.2 Å². The molecule has 2 N–H and O–H groups in total. The lowest BCUT2D eigenvalue weighted by molar-refractivity contribution is -0.119. The molecule has 0 spiro atoms. The molecule has 2 aromatic rings. The first kappa shape index (κ1) is 23.1. The Morgan fingerprint density at radius 1 is 1.06 bits per heavy atom. The molecule has 2 heterocycles. The highest BCUT2D eigenvalue weighted by atomic mass is 32.2. The van der Waals surface area contributed by atoms with Crippen molar-refractivity contribution in [1.29, 1.82) is 0 Å². The number of aromatic nitrogens is 3. The quantitative estimate of drug-likeness (QED) is 0.635. The number of imide groups is 1. The molecular formula is C22H32N6O2S. The van der Waals surface area contributed by atoms with Crippen molar-refractivity contribution in [2.45, 2.75) is 57.4 Å². The summed E-state index contributed by atoms with van der Waals surface area (Å²) in [6.07, 6.45) is 3.49. The van der Waals surface area contributed by atoms with Gasteiger partial charge in [-0.1, -0.05) is 43.3 Å². The summed E-state index contributed by atoms with van der Waals surface area (Å²) in [4.78, 5) is 26.8. The van der Waals surface area contributed by atoms with Crippen LogP contribution in [-0.2, 0) is 4.79 Å². The summed E-state index contributed by atoms with van der Waals surface area (Å²) < 4.78 is 2.01. The zero-order valence-electron chi connectivity index (χ0n) is 18.7. The third kappa shape index (κ3) is 6.22. The number of nitrogens with one attached hydrogen (secondary N) is 2. The fraction of sp³-hybridized carbons (Fsp3) is 0.545. The molecule has 1 atom stereocenters. The highest BCUT2D eigenvalue weighted by molar-refractivity contribution is 8.00. The molecule has 0 saturated carbocycles. The number of urea groups is 1. The summed E-state index contributed by atoms with van der Waals surface area (Å²) >= 11 is 1.30. The van der Waals surface area contributed by atoms with Gasteiger partial charge in [-0.3, -0.25) is 14.7 Å². The molecule has 1 aliphatic heterocycles. The van der Waals surface area contributed by atoms with Gasteiger partial charge in [0.15, 0.2) is 5.16 Å². The van der Waals surface area contributed by atoms with Gasteiger partial charge in [-0.2, -0.15) is 0 Å². The minimum Gasteiger partial charge on any atom is -0.341 e. The van der Waals surface area contributed by atoms with Crippen molar-refractivity contribution in [3.8, 4) is 5.69 Å². The van der Waals surface area contributed by atoms with Crippen molar-refractivity contribution < 1.29 is 9.59 Å². The molecule has 1 aromatic carbocycles. The molecule has 1 fully saturated rings. The van der Waals surface area contributed by atoms with Crippen molar-refractivity contribution in [3.63, 3.8) is 0 Å². The molecule has 0 bridgehead atoms. The Bertz CT molecular complexity index is 890. The predicted octanol–water partition coefficient (Wildman–Crippen LogP) is 3.53. The van der Waals surface area contributed by atoms with Crippen LogP contribution in [0.1, 0.15) is 45.6 Å². The molecule has 0 aliphatic carbocycles. The molecule has 8 nitrogen and oxygen atoms in total. The lowest BCUT2D eigenvalue weighted by Crippen LogP contribution is -2.43. The minimum absolute atomic E-state index is 0.314. The fourth-order valence-corrected chi connectivity index (χ4v) is 4.19. The third-order valence-corrected chi connectivity index (χ3v) is 6.15. The van der Waals surface area contributed by atoms with E-state index in [4.69, 9.17) is 0 Å². The van der Waals surface area contributed by atoms with Crippen molar-refractivity contribution in [2.24, 2.45) is 5.92 Å². The van der Waals surface area contributed by atoms with Crippen LogP contribution in [0.25, 0.3) is 5.69 Å². The maximum atomic E-state index is 12.5. The molecule has 9 heteroatoms. The van der Waals surface area contributed by atoms with Crippen molar-refractivity contribution in [2.75, 3.05) is 24.5 Å². The predicted molar refractivity (Wildman–Crippen MR) is 124 cm³/mol. The van der Waals surface area contributed by atoms with Gasteiger partial charge in [-0.25, -0.2) is 4.79 Å². The van der Waals surface area contributed by atoms with Gasteiger partial charge in [0.1, 0.15) is 0 Å². The van der Waals surface area contributed by atoms with Crippen LogP contribution in [0.15, 0.2) is 29.4 Å². The average Bonchev–Trinajstić information content (AvgIpc) is 3.17. The Balaban J connectivity index is 1.78. The lowest BCUT2D eigenvalue weighted by atomic mass is 10.1. The first-order chi connectivity index (χ1) is 14.8. The van der Waals surface area contributed by atoms with Crippen molar-refractivity contribution >= 4 is 29.6 Å². The first-order valence-corrected chi connectivity index (χ1v) is 11.8. The number of benzene rings is 1. The molecule has 0 radical (unpaired) electrons. The standard InChI is InChI=1S/C22H32N6O2S/c1-15(2)14-23-20(30)24-19(29)17(4)31-22-26-25-21(27-12-6-5-7-13-27)28(22)18-10-8-16(3)9-11-18/h8-11,15,17H,5-7,12-14H2,1-4H3,(H2,23,24,29,30)/t17-/m0/s1. The maximum Gasteiger partial charge on any atom is 0.321 e. The van der Waals surface area contributed by atoms with Gasteiger partial charge in [0, 0.05) is 19.6 Å². The van der Waals surface area contributed by atoms with E-state index in [-0.39, 0.29) is 5.91 Å². The number of carbonyl (C=O) groups excluding carboxylic acids is 2. The molecule has 1 saturated heterocycles. The number of rotatable bonds is 7. The zero-order valence-corrected chi connectivity index (χ0v) is 19.5. The summed E-state index contributed by atoms with van der Waals surface area (Å²) in [6.45, 7) is 10.2. The summed E-state index contributed by atoms with van der Waals surface area (Å²) in [5, 5.41) is 14.1. The normalized spacial score (nSPS) is 15.1. The van der Waals surface area contributed by atoms with E-state index in [1.807, 2.05) is 37.5 Å². The number of thioether (sulfide) groups is 1. The fourth-order valence-electron chi connectivity index (χ4n) is 3.32. The summed E-state index contributed by atoms with van der Waals surface area (Å²) in [7, 11) is 0. The van der Waals surface area contributed by atoms with Crippen LogP contribution in [0.3, 0.4) is 0 Å². The molecule has 0 unspecified atom stereocenters. The highest BCUT2D eigenvalue weighted by Gasteiger charge is 2.25. The van der Waals surface area contributed by atoms with E-state index in [1.54, 1.807) is 6.92 Å². The van der Waals surface area contributed by atoms with Gasteiger partial charge < -0.3 is 10.2 Å². The van der Waals surface area contributed by atoms with E-state index >= 15 is 0 Å². The maximum absolute atomic E-state index is 12.5. The number of carbonyl (C=O) groups is 2. The van der Waals surface area contributed by atoms with Crippen LogP contribution in [0, 0.1) is 12.8 Å². The average molecular weight is 445 g/mol. The van der Waals surface area contributed by atoms with Crippen LogP contribution < -0.4 is 15.5 Å². The molecule has 31 heavy (non-hydrogen) atoms. The summed E-state index contributed by atoms with van der Waals surface area (Å²) in [6, 6.07) is 7.72. The number of nitrogens with zero attached hydrogens (tertiary/aromatic N) is 4. The van der Waals surface area contributed by atoms with E-state index in [1.165, 1.54) is 23.7 Å². The Morgan fingerprint density at radius 2 is 1.74 bits per heavy atom. The van der Waals surface area contributed by atoms with Gasteiger partial charge in [0.05, 0.1) is 10.9 Å². The van der Waals surface area contributed by atoms with Gasteiger partial charge in [-0.05, 0) is 51.2 Å². The van der Waals surface area contributed by atoms with E-state index in [0.29, 0.717) is 17.6 Å². The monoisotopic (exact) mass is 444 g/mol. The second kappa shape index (κ2) is 10.7. The van der Waals surface area contributed by atoms with Crippen molar-refractivity contribution in [3.05, 3.63) is 29.8 Å². The smallest absolute Gasteiger partial charge is 0.321 e. The summed E-state index contributed by atoms with van der Waals surface area (Å²) in [5.41, 5.74) is 2.13. The number of aryl methyl sites for hydroxylation is 1. The lowest BCUT2D eigenvalue weighted by Gasteiger charge is -2.28. The van der Waals surface area contributed by atoms with E-state index in [2.05, 4.69) is 37.9 Å². The van der Waals surface area contributed by atoms with Crippen LogP contribution in [0.4, 0.5) is 10.7 Å². The number of anilines is 1. The number of piperidine rings is 1. The van der Waals surface area contributed by atoms with E-state index in [0.717, 1.165) is 37.6 Å². The van der Waals surface area contributed by atoms with Crippen LogP contribution in [0.5, 0.6) is 0 Å². The van der Waals surface area contributed by atoms with Crippen molar-refractivity contribution in [1.82, 2.24) is 25.4 Å². The molecule has 168 valence electrons. The largest absolute Gasteiger partial charge is 0.341 e. The van der Waals surface area contributed by atoms with Gasteiger partial charge in [0.2, 0.25) is 11.9 Å². The summed E-state index contributed by atoms with van der Waals surface area (Å²) in [5.74, 6) is 0.756. The Hall–Kier alpha value is -2.55. The molecular weight excluding hydrogens is 412 g/mol. The second-order valence-electron chi connectivity index (χ2n) is 8.35. The number of hydrogen-bond donors (Lipinski definition) is 2. The van der Waals surface area contributed by atoms with Crippen LogP contribution in [-0.4, -0.2) is 51.6 Å².